The molecule has 1 fully saturated rings. The molecule has 1 heterocycles. The monoisotopic (exact) mass is 238 g/mol. The van der Waals surface area contributed by atoms with E-state index in [9.17, 15) is 4.79 Å². The molecule has 1 aromatic heterocycles. The average Bonchev–Trinajstić information content (AvgIpc) is 2.88. The number of hydrogen-bond acceptors (Lipinski definition) is 3. The number of carbonyl (C=O) groups is 1. The zero-order valence-electron chi connectivity index (χ0n) is 9.32. The second kappa shape index (κ2) is 5.46. The third kappa shape index (κ3) is 2.83. The first-order valence-electron chi connectivity index (χ1n) is 5.82. The maximum atomic E-state index is 10.9. The largest absolute Gasteiger partial charge is 0.369 e. The van der Waals surface area contributed by atoms with E-state index in [1.807, 2.05) is 0 Å². The molecule has 0 aliphatic heterocycles. The smallest absolute Gasteiger partial charge is 0.231 e. The predicted octanol–water partition coefficient (Wildman–Crippen LogP) is 2.05. The molecule has 1 unspecified atom stereocenters. The summed E-state index contributed by atoms with van der Waals surface area (Å²) in [7, 11) is 0. The number of nitrogens with one attached hydrogen (secondary N) is 1. The summed E-state index contributed by atoms with van der Waals surface area (Å²) in [5.74, 6) is 0.387. The van der Waals surface area contributed by atoms with Gasteiger partial charge in [-0.3, -0.25) is 4.79 Å². The first-order chi connectivity index (χ1) is 7.77. The Kier molecular flexibility index (Phi) is 3.96. The Hall–Kier alpha value is -0.870. The van der Waals surface area contributed by atoms with Crippen LogP contribution in [0.25, 0.3) is 0 Å². The lowest BCUT2D eigenvalue weighted by Crippen LogP contribution is -2.34. The van der Waals surface area contributed by atoms with E-state index in [0.29, 0.717) is 12.0 Å². The van der Waals surface area contributed by atoms with Crippen LogP contribution in [0.4, 0.5) is 0 Å². The van der Waals surface area contributed by atoms with Gasteiger partial charge in [0.1, 0.15) is 0 Å². The van der Waals surface area contributed by atoms with Crippen molar-refractivity contribution in [1.29, 1.82) is 0 Å². The van der Waals surface area contributed by atoms with Gasteiger partial charge in [0.2, 0.25) is 5.91 Å². The maximum Gasteiger partial charge on any atom is 0.231 e. The van der Waals surface area contributed by atoms with Crippen LogP contribution in [0.1, 0.15) is 36.6 Å². The van der Waals surface area contributed by atoms with Gasteiger partial charge in [-0.2, -0.15) is 0 Å². The van der Waals surface area contributed by atoms with E-state index in [-0.39, 0.29) is 12.5 Å². The number of nitrogens with two attached hydrogens (primary N) is 1. The molecular formula is C12H18N2OS. The minimum Gasteiger partial charge on any atom is -0.369 e. The third-order valence-corrected chi connectivity index (χ3v) is 4.17. The topological polar surface area (TPSA) is 55.1 Å². The van der Waals surface area contributed by atoms with Crippen molar-refractivity contribution in [2.75, 3.05) is 6.54 Å². The van der Waals surface area contributed by atoms with Gasteiger partial charge in [0, 0.05) is 10.9 Å². The SMILES string of the molecule is NC(=O)CNC(c1cccs1)C1CCCC1. The summed E-state index contributed by atoms with van der Waals surface area (Å²) < 4.78 is 0. The lowest BCUT2D eigenvalue weighted by Gasteiger charge is -2.23. The Balaban J connectivity index is 2.03. The molecule has 4 heteroatoms. The molecule has 0 radical (unpaired) electrons. The zero-order chi connectivity index (χ0) is 11.4. The van der Waals surface area contributed by atoms with Gasteiger partial charge >= 0.3 is 0 Å². The normalized spacial score (nSPS) is 18.8. The molecule has 1 aliphatic rings. The standard InChI is InChI=1S/C12H18N2OS/c13-11(15)8-14-12(9-4-1-2-5-9)10-6-3-7-16-10/h3,6-7,9,12,14H,1-2,4-5,8H2,(H2,13,15). The van der Waals surface area contributed by atoms with Gasteiger partial charge in [-0.15, -0.1) is 11.3 Å². The van der Waals surface area contributed by atoms with Gasteiger partial charge in [-0.25, -0.2) is 0 Å². The Labute approximate surface area is 100 Å². The van der Waals surface area contributed by atoms with Gasteiger partial charge < -0.3 is 11.1 Å². The molecule has 3 nitrogen and oxygen atoms in total. The second-order valence-electron chi connectivity index (χ2n) is 4.38. The molecule has 88 valence electrons. The van der Waals surface area contributed by atoms with Crippen molar-refractivity contribution in [2.24, 2.45) is 11.7 Å². The minimum absolute atomic E-state index is 0.277. The van der Waals surface area contributed by atoms with E-state index >= 15 is 0 Å². The van der Waals surface area contributed by atoms with Crippen LogP contribution in [-0.2, 0) is 4.79 Å². The molecule has 0 spiro atoms. The van der Waals surface area contributed by atoms with Gasteiger partial charge in [0.05, 0.1) is 6.54 Å². The molecule has 1 amide bonds. The number of hydrogen-bond donors (Lipinski definition) is 2. The fourth-order valence-electron chi connectivity index (χ4n) is 2.47. The van der Waals surface area contributed by atoms with E-state index in [0.717, 1.165) is 0 Å². The molecule has 3 N–H and O–H groups in total. The number of rotatable bonds is 5. The molecule has 1 atom stereocenters. The van der Waals surface area contributed by atoms with E-state index in [2.05, 4.69) is 22.8 Å². The van der Waals surface area contributed by atoms with Crippen LogP contribution in [0.15, 0.2) is 17.5 Å². The first-order valence-corrected chi connectivity index (χ1v) is 6.70. The number of amides is 1. The fourth-order valence-corrected chi connectivity index (χ4v) is 3.36. The summed E-state index contributed by atoms with van der Waals surface area (Å²) in [5.41, 5.74) is 5.19. The van der Waals surface area contributed by atoms with Gasteiger partial charge in [0.25, 0.3) is 0 Å². The van der Waals surface area contributed by atoms with E-state index in [1.54, 1.807) is 11.3 Å². The molecule has 1 aromatic rings. The molecular weight excluding hydrogens is 220 g/mol. The highest BCUT2D eigenvalue weighted by atomic mass is 32.1. The third-order valence-electron chi connectivity index (χ3n) is 3.22. The fraction of sp³-hybridized carbons (Fsp3) is 0.583. The Morgan fingerprint density at radius 1 is 1.56 bits per heavy atom. The maximum absolute atomic E-state index is 10.9. The molecule has 2 rings (SSSR count). The summed E-state index contributed by atoms with van der Waals surface area (Å²) in [5, 5.41) is 5.39. The van der Waals surface area contributed by atoms with Crippen molar-refractivity contribution in [3.05, 3.63) is 22.4 Å². The van der Waals surface area contributed by atoms with Crippen LogP contribution < -0.4 is 11.1 Å². The number of carbonyl (C=O) groups excluding carboxylic acids is 1. The number of thiophene rings is 1. The van der Waals surface area contributed by atoms with Crippen molar-refractivity contribution >= 4 is 17.2 Å². The van der Waals surface area contributed by atoms with Crippen molar-refractivity contribution in [1.82, 2.24) is 5.32 Å². The highest BCUT2D eigenvalue weighted by molar-refractivity contribution is 7.10. The molecule has 1 aliphatic carbocycles. The summed E-state index contributed by atoms with van der Waals surface area (Å²) >= 11 is 1.75. The zero-order valence-corrected chi connectivity index (χ0v) is 10.1. The van der Waals surface area contributed by atoms with Crippen molar-refractivity contribution < 1.29 is 4.79 Å². The Morgan fingerprint density at radius 3 is 2.88 bits per heavy atom. The van der Waals surface area contributed by atoms with Crippen molar-refractivity contribution in [3.63, 3.8) is 0 Å². The van der Waals surface area contributed by atoms with Crippen LogP contribution in [0.2, 0.25) is 0 Å². The second-order valence-corrected chi connectivity index (χ2v) is 5.36. The van der Waals surface area contributed by atoms with E-state index in [1.165, 1.54) is 30.6 Å². The van der Waals surface area contributed by atoms with Crippen molar-refractivity contribution in [2.45, 2.75) is 31.7 Å². The van der Waals surface area contributed by atoms with E-state index < -0.39 is 0 Å². The quantitative estimate of drug-likeness (QED) is 0.825. The molecule has 16 heavy (non-hydrogen) atoms. The Bertz CT molecular complexity index is 331. The number of primary amides is 1. The lowest BCUT2D eigenvalue weighted by atomic mass is 9.97. The van der Waals surface area contributed by atoms with Gasteiger partial charge in [-0.05, 0) is 30.2 Å². The van der Waals surface area contributed by atoms with Gasteiger partial charge in [0.15, 0.2) is 0 Å². The average molecular weight is 238 g/mol. The summed E-state index contributed by atoms with van der Waals surface area (Å²) in [6, 6.07) is 4.52. The summed E-state index contributed by atoms with van der Waals surface area (Å²) in [6.07, 6.45) is 5.14. The van der Waals surface area contributed by atoms with Crippen LogP contribution >= 0.6 is 11.3 Å². The van der Waals surface area contributed by atoms with Crippen LogP contribution in [-0.4, -0.2) is 12.5 Å². The van der Waals surface area contributed by atoms with E-state index in [4.69, 9.17) is 5.73 Å². The minimum atomic E-state index is -0.278. The Morgan fingerprint density at radius 2 is 2.31 bits per heavy atom. The predicted molar refractivity (Wildman–Crippen MR) is 66.2 cm³/mol. The lowest BCUT2D eigenvalue weighted by molar-refractivity contribution is -0.117. The highest BCUT2D eigenvalue weighted by Crippen LogP contribution is 2.37. The van der Waals surface area contributed by atoms with Crippen LogP contribution in [0, 0.1) is 5.92 Å². The summed E-state index contributed by atoms with van der Waals surface area (Å²) in [6.45, 7) is 0.277. The molecule has 0 bridgehead atoms. The first kappa shape index (κ1) is 11.6. The van der Waals surface area contributed by atoms with Crippen LogP contribution in [0.3, 0.4) is 0 Å². The van der Waals surface area contributed by atoms with Gasteiger partial charge in [-0.1, -0.05) is 18.9 Å². The van der Waals surface area contributed by atoms with Crippen molar-refractivity contribution in [3.8, 4) is 0 Å². The molecule has 0 saturated heterocycles. The van der Waals surface area contributed by atoms with Crippen LogP contribution in [0.5, 0.6) is 0 Å². The summed E-state index contributed by atoms with van der Waals surface area (Å²) in [4.78, 5) is 12.2. The molecule has 0 aromatic carbocycles. The highest BCUT2D eigenvalue weighted by Gasteiger charge is 2.26. The molecule has 1 saturated carbocycles.